The number of fused-ring (bicyclic) bond motifs is 1. The Bertz CT molecular complexity index is 978. The highest BCUT2D eigenvalue weighted by molar-refractivity contribution is 5.86. The summed E-state index contributed by atoms with van der Waals surface area (Å²) >= 11 is 0. The molecule has 3 rings (SSSR count). The summed E-state index contributed by atoms with van der Waals surface area (Å²) in [7, 11) is 0. The Morgan fingerprint density at radius 3 is 2.78 bits per heavy atom. The van der Waals surface area contributed by atoms with Crippen LogP contribution < -0.4 is 25.0 Å². The number of hydroxylamine groups is 1. The maximum Gasteiger partial charge on any atom is 0.412 e. The zero-order valence-electron chi connectivity index (χ0n) is 17.3. The number of amides is 2. The number of hydrogen-bond donors (Lipinski definition) is 4. The first-order valence-electron chi connectivity index (χ1n) is 9.83. The second-order valence-corrected chi connectivity index (χ2v) is 6.86. The van der Waals surface area contributed by atoms with Crippen molar-refractivity contribution in [2.75, 3.05) is 25.3 Å². The van der Waals surface area contributed by atoms with Crippen LogP contribution in [-0.4, -0.2) is 42.3 Å². The Balaban J connectivity index is 1.77. The first-order valence-corrected chi connectivity index (χ1v) is 9.83. The van der Waals surface area contributed by atoms with Crippen molar-refractivity contribution < 1.29 is 38.9 Å². The SMILES string of the molecule is C[C@@H](/C=C/C(=O)NO)[C@@H](OC(=O)Nc1ccc2c(c1)OCO2)c1cccc(OCCO)c1. The number of benzene rings is 2. The lowest BCUT2D eigenvalue weighted by atomic mass is 9.96. The predicted molar refractivity (Wildman–Crippen MR) is 113 cm³/mol. The van der Waals surface area contributed by atoms with Crippen LogP contribution in [0.4, 0.5) is 10.5 Å². The van der Waals surface area contributed by atoms with E-state index in [1.807, 2.05) is 0 Å². The van der Waals surface area contributed by atoms with E-state index in [2.05, 4.69) is 5.32 Å². The van der Waals surface area contributed by atoms with E-state index >= 15 is 0 Å². The number of nitrogens with one attached hydrogen (secondary N) is 2. The van der Waals surface area contributed by atoms with Gasteiger partial charge in [-0.05, 0) is 29.8 Å². The predicted octanol–water partition coefficient (Wildman–Crippen LogP) is 2.77. The molecule has 0 aliphatic carbocycles. The number of carbonyl (C=O) groups is 2. The van der Waals surface area contributed by atoms with E-state index < -0.39 is 24.0 Å². The van der Waals surface area contributed by atoms with Crippen LogP contribution in [0.1, 0.15) is 18.6 Å². The summed E-state index contributed by atoms with van der Waals surface area (Å²) in [6.07, 6.45) is 1.14. The standard InChI is InChI=1S/C22H24N2O8/c1-14(5-8-20(26)24-28)21(15-3-2-4-17(11-15)29-10-9-25)32-22(27)23-16-6-7-18-19(12-16)31-13-30-18/h2-8,11-12,14,21,25,28H,9-10,13H2,1H3,(H,23,27)(H,24,26)/b8-5+/t14-,21+/m0/s1. The molecule has 0 fully saturated rings. The molecule has 0 radical (unpaired) electrons. The molecule has 2 amide bonds. The molecule has 2 atom stereocenters. The minimum Gasteiger partial charge on any atom is -0.491 e. The summed E-state index contributed by atoms with van der Waals surface area (Å²) in [6, 6.07) is 11.8. The number of aliphatic hydroxyl groups excluding tert-OH is 1. The highest BCUT2D eigenvalue weighted by Crippen LogP contribution is 2.35. The van der Waals surface area contributed by atoms with E-state index in [1.165, 1.54) is 11.6 Å². The van der Waals surface area contributed by atoms with Gasteiger partial charge < -0.3 is 24.1 Å². The molecule has 0 spiro atoms. The van der Waals surface area contributed by atoms with Crippen LogP contribution in [0.3, 0.4) is 0 Å². The minimum absolute atomic E-state index is 0.116. The molecule has 1 heterocycles. The van der Waals surface area contributed by atoms with Crippen LogP contribution in [-0.2, 0) is 9.53 Å². The number of aliphatic hydroxyl groups is 1. The zero-order chi connectivity index (χ0) is 22.9. The number of ether oxygens (including phenoxy) is 4. The number of hydrogen-bond acceptors (Lipinski definition) is 8. The van der Waals surface area contributed by atoms with Crippen molar-refractivity contribution in [1.82, 2.24) is 5.48 Å². The van der Waals surface area contributed by atoms with Gasteiger partial charge in [0.1, 0.15) is 18.5 Å². The van der Waals surface area contributed by atoms with Crippen LogP contribution in [0.5, 0.6) is 17.2 Å². The Morgan fingerprint density at radius 1 is 1.19 bits per heavy atom. The van der Waals surface area contributed by atoms with Crippen LogP contribution >= 0.6 is 0 Å². The number of anilines is 1. The molecule has 1 aliphatic heterocycles. The van der Waals surface area contributed by atoms with Crippen molar-refractivity contribution >= 4 is 17.7 Å². The van der Waals surface area contributed by atoms with E-state index in [9.17, 15) is 9.59 Å². The lowest BCUT2D eigenvalue weighted by Crippen LogP contribution is -2.22. The number of carbonyl (C=O) groups excluding carboxylic acids is 2. The molecule has 2 aromatic carbocycles. The molecular formula is C22H24N2O8. The van der Waals surface area contributed by atoms with E-state index in [-0.39, 0.29) is 20.0 Å². The normalized spacial score (nSPS) is 14.0. The van der Waals surface area contributed by atoms with Gasteiger partial charge in [0.2, 0.25) is 6.79 Å². The summed E-state index contributed by atoms with van der Waals surface area (Å²) in [4.78, 5) is 24.0. The topological polar surface area (TPSA) is 136 Å². The van der Waals surface area contributed by atoms with Crippen molar-refractivity contribution in [3.8, 4) is 17.2 Å². The van der Waals surface area contributed by atoms with Gasteiger partial charge in [-0.2, -0.15) is 0 Å². The molecule has 10 nitrogen and oxygen atoms in total. The van der Waals surface area contributed by atoms with Crippen LogP contribution in [0.15, 0.2) is 54.6 Å². The van der Waals surface area contributed by atoms with Crippen molar-refractivity contribution in [1.29, 1.82) is 0 Å². The summed E-state index contributed by atoms with van der Waals surface area (Å²) in [5.41, 5.74) is 2.59. The molecule has 2 aromatic rings. The molecule has 0 bridgehead atoms. The molecule has 0 aromatic heterocycles. The molecule has 10 heteroatoms. The van der Waals surface area contributed by atoms with Crippen LogP contribution in [0.2, 0.25) is 0 Å². The second kappa shape index (κ2) is 11.0. The Labute approximate surface area is 184 Å². The van der Waals surface area contributed by atoms with Crippen LogP contribution in [0, 0.1) is 5.92 Å². The fourth-order valence-electron chi connectivity index (χ4n) is 3.04. The van der Waals surface area contributed by atoms with Gasteiger partial charge in [0.15, 0.2) is 11.5 Å². The Hall–Kier alpha value is -3.76. The smallest absolute Gasteiger partial charge is 0.412 e. The van der Waals surface area contributed by atoms with E-state index in [0.717, 1.165) is 6.08 Å². The lowest BCUT2D eigenvalue weighted by molar-refractivity contribution is -0.124. The van der Waals surface area contributed by atoms with Crippen molar-refractivity contribution in [3.05, 3.63) is 60.2 Å². The molecule has 1 aliphatic rings. The van der Waals surface area contributed by atoms with Gasteiger partial charge in [-0.1, -0.05) is 25.1 Å². The zero-order valence-corrected chi connectivity index (χ0v) is 17.3. The van der Waals surface area contributed by atoms with E-state index in [1.54, 1.807) is 49.4 Å². The maximum absolute atomic E-state index is 12.6. The van der Waals surface area contributed by atoms with Gasteiger partial charge in [-0.15, -0.1) is 0 Å². The fourth-order valence-corrected chi connectivity index (χ4v) is 3.04. The fraction of sp³-hybridized carbons (Fsp3) is 0.273. The molecular weight excluding hydrogens is 420 g/mol. The third kappa shape index (κ3) is 6.13. The minimum atomic E-state index is -0.788. The van der Waals surface area contributed by atoms with Gasteiger partial charge in [-0.25, -0.2) is 10.3 Å². The third-order valence-electron chi connectivity index (χ3n) is 4.54. The van der Waals surface area contributed by atoms with Crippen molar-refractivity contribution in [2.45, 2.75) is 13.0 Å². The molecule has 0 saturated heterocycles. The lowest BCUT2D eigenvalue weighted by Gasteiger charge is -2.23. The first kappa shape index (κ1) is 22.9. The highest BCUT2D eigenvalue weighted by atomic mass is 16.7. The summed E-state index contributed by atoms with van der Waals surface area (Å²) in [5.74, 6) is 0.441. The average molecular weight is 444 g/mol. The van der Waals surface area contributed by atoms with Gasteiger partial charge in [0.25, 0.3) is 5.91 Å². The summed E-state index contributed by atoms with van der Waals surface area (Å²) < 4.78 is 21.7. The van der Waals surface area contributed by atoms with E-state index in [0.29, 0.717) is 28.5 Å². The number of rotatable bonds is 9. The Kier molecular flexibility index (Phi) is 7.90. The summed E-state index contributed by atoms with van der Waals surface area (Å²) in [5, 5.41) is 20.3. The highest BCUT2D eigenvalue weighted by Gasteiger charge is 2.24. The molecule has 0 unspecified atom stereocenters. The van der Waals surface area contributed by atoms with Gasteiger partial charge in [0, 0.05) is 23.7 Å². The molecule has 32 heavy (non-hydrogen) atoms. The van der Waals surface area contributed by atoms with E-state index in [4.69, 9.17) is 29.3 Å². The first-order chi connectivity index (χ1) is 15.5. The van der Waals surface area contributed by atoms with Crippen molar-refractivity contribution in [3.63, 3.8) is 0 Å². The molecule has 170 valence electrons. The second-order valence-electron chi connectivity index (χ2n) is 6.86. The largest absolute Gasteiger partial charge is 0.491 e. The monoisotopic (exact) mass is 444 g/mol. The molecule has 4 N–H and O–H groups in total. The van der Waals surface area contributed by atoms with Gasteiger partial charge >= 0.3 is 6.09 Å². The quantitative estimate of drug-likeness (QED) is 0.263. The van der Waals surface area contributed by atoms with Gasteiger partial charge in [0.05, 0.1) is 6.61 Å². The van der Waals surface area contributed by atoms with Crippen LogP contribution in [0.25, 0.3) is 0 Å². The molecule has 0 saturated carbocycles. The van der Waals surface area contributed by atoms with Gasteiger partial charge in [-0.3, -0.25) is 15.3 Å². The maximum atomic E-state index is 12.6. The summed E-state index contributed by atoms with van der Waals surface area (Å²) in [6.45, 7) is 1.84. The Morgan fingerprint density at radius 2 is 2.00 bits per heavy atom. The average Bonchev–Trinajstić information content (AvgIpc) is 3.27. The third-order valence-corrected chi connectivity index (χ3v) is 4.54. The van der Waals surface area contributed by atoms with Crippen molar-refractivity contribution in [2.24, 2.45) is 5.92 Å².